The van der Waals surface area contributed by atoms with Gasteiger partial charge in [-0.3, -0.25) is 0 Å². The summed E-state index contributed by atoms with van der Waals surface area (Å²) < 4.78 is 25.9. The van der Waals surface area contributed by atoms with E-state index in [1.54, 1.807) is 6.07 Å². The molecule has 0 amide bonds. The molecule has 0 bridgehead atoms. The third-order valence-corrected chi connectivity index (χ3v) is 3.85. The zero-order chi connectivity index (χ0) is 13.1. The van der Waals surface area contributed by atoms with Gasteiger partial charge < -0.3 is 0 Å². The Morgan fingerprint density at radius 3 is 2.24 bits per heavy atom. The van der Waals surface area contributed by atoms with E-state index >= 15 is 0 Å². The van der Waals surface area contributed by atoms with Gasteiger partial charge >= 0.3 is 0 Å². The topological polar surface area (TPSA) is 0 Å². The third kappa shape index (κ3) is 2.51. The highest BCUT2D eigenvalue weighted by Crippen LogP contribution is 2.58. The molecule has 17 heavy (non-hydrogen) atoms. The first-order valence-corrected chi connectivity index (χ1v) is 6.59. The minimum Gasteiger partial charge on any atom is -0.204 e. The number of halogens is 2. The van der Waals surface area contributed by atoms with Crippen LogP contribution in [0.5, 0.6) is 0 Å². The Labute approximate surface area is 103 Å². The maximum atomic E-state index is 13.1. The first kappa shape index (κ1) is 14.1. The SMILES string of the molecule is CC.CCC1CC1(CC)c1ccc(F)c(F)c1. The lowest BCUT2D eigenvalue weighted by atomic mass is 9.90. The molecule has 0 aromatic heterocycles. The zero-order valence-corrected chi connectivity index (χ0v) is 11.2. The van der Waals surface area contributed by atoms with E-state index in [1.165, 1.54) is 12.1 Å². The molecule has 1 aliphatic rings. The van der Waals surface area contributed by atoms with Gasteiger partial charge in [-0.2, -0.15) is 0 Å². The van der Waals surface area contributed by atoms with Crippen LogP contribution in [-0.4, -0.2) is 0 Å². The molecule has 0 radical (unpaired) electrons. The highest BCUT2D eigenvalue weighted by molar-refractivity contribution is 5.34. The van der Waals surface area contributed by atoms with Crippen molar-refractivity contribution in [2.75, 3.05) is 0 Å². The summed E-state index contributed by atoms with van der Waals surface area (Å²) in [6, 6.07) is 4.35. The molecule has 0 aliphatic heterocycles. The molecule has 2 heteroatoms. The highest BCUT2D eigenvalue weighted by atomic mass is 19.2. The minimum atomic E-state index is -0.751. The molecule has 0 heterocycles. The van der Waals surface area contributed by atoms with E-state index in [0.717, 1.165) is 24.8 Å². The summed E-state index contributed by atoms with van der Waals surface area (Å²) in [6.07, 6.45) is 3.24. The molecule has 96 valence electrons. The average molecular weight is 240 g/mol. The second kappa shape index (κ2) is 5.61. The fourth-order valence-corrected chi connectivity index (χ4v) is 2.71. The standard InChI is InChI=1S/C13H16F2.C2H6/c1-3-9-8-13(9,4-2)10-5-6-11(14)12(15)7-10;1-2/h5-7,9H,3-4,8H2,1-2H3;1-2H3. The monoisotopic (exact) mass is 240 g/mol. The summed E-state index contributed by atoms with van der Waals surface area (Å²) in [5, 5.41) is 0. The zero-order valence-electron chi connectivity index (χ0n) is 11.2. The minimum absolute atomic E-state index is 0.128. The van der Waals surface area contributed by atoms with Gasteiger partial charge in [0.1, 0.15) is 0 Å². The second-order valence-corrected chi connectivity index (χ2v) is 4.45. The molecular weight excluding hydrogens is 218 g/mol. The summed E-state index contributed by atoms with van der Waals surface area (Å²) >= 11 is 0. The Morgan fingerprint density at radius 1 is 1.18 bits per heavy atom. The van der Waals surface area contributed by atoms with Gasteiger partial charge in [0.25, 0.3) is 0 Å². The van der Waals surface area contributed by atoms with Crippen LogP contribution >= 0.6 is 0 Å². The van der Waals surface area contributed by atoms with Crippen LogP contribution in [0, 0.1) is 17.6 Å². The first-order valence-electron chi connectivity index (χ1n) is 6.59. The molecular formula is C15H22F2. The molecule has 1 aliphatic carbocycles. The Kier molecular flexibility index (Phi) is 4.67. The molecule has 1 aromatic rings. The Balaban J connectivity index is 0.000000686. The summed E-state index contributed by atoms with van der Waals surface area (Å²) in [5.41, 5.74) is 1.10. The maximum Gasteiger partial charge on any atom is 0.159 e. The lowest BCUT2D eigenvalue weighted by Crippen LogP contribution is -2.09. The van der Waals surface area contributed by atoms with Crippen LogP contribution in [0.15, 0.2) is 18.2 Å². The summed E-state index contributed by atoms with van der Waals surface area (Å²) in [6.45, 7) is 8.28. The van der Waals surface area contributed by atoms with Crippen LogP contribution in [0.4, 0.5) is 8.78 Å². The van der Waals surface area contributed by atoms with E-state index in [0.29, 0.717) is 5.92 Å². The largest absolute Gasteiger partial charge is 0.204 e. The average Bonchev–Trinajstić information content (AvgIpc) is 3.10. The lowest BCUT2D eigenvalue weighted by Gasteiger charge is -2.15. The predicted molar refractivity (Wildman–Crippen MR) is 68.1 cm³/mol. The van der Waals surface area contributed by atoms with Gasteiger partial charge in [0.05, 0.1) is 0 Å². The first-order chi connectivity index (χ1) is 8.14. The van der Waals surface area contributed by atoms with Crippen molar-refractivity contribution >= 4 is 0 Å². The fraction of sp³-hybridized carbons (Fsp3) is 0.600. The van der Waals surface area contributed by atoms with Gasteiger partial charge in [0.15, 0.2) is 11.6 Å². The molecule has 0 N–H and O–H groups in total. The molecule has 2 unspecified atom stereocenters. The van der Waals surface area contributed by atoms with E-state index < -0.39 is 11.6 Å². The summed E-state index contributed by atoms with van der Waals surface area (Å²) in [7, 11) is 0. The van der Waals surface area contributed by atoms with Gasteiger partial charge in [-0.25, -0.2) is 8.78 Å². The predicted octanol–water partition coefficient (Wildman–Crippen LogP) is 5.07. The van der Waals surface area contributed by atoms with Gasteiger partial charge in [-0.05, 0) is 41.9 Å². The molecule has 0 saturated heterocycles. The highest BCUT2D eigenvalue weighted by Gasteiger charge is 2.52. The van der Waals surface area contributed by atoms with E-state index in [2.05, 4.69) is 13.8 Å². The smallest absolute Gasteiger partial charge is 0.159 e. The van der Waals surface area contributed by atoms with Crippen LogP contribution < -0.4 is 0 Å². The summed E-state index contributed by atoms with van der Waals surface area (Å²) in [5.74, 6) is -0.826. The molecule has 1 fully saturated rings. The Morgan fingerprint density at radius 2 is 1.82 bits per heavy atom. The van der Waals surface area contributed by atoms with Crippen molar-refractivity contribution in [2.45, 2.75) is 52.4 Å². The fourth-order valence-electron chi connectivity index (χ4n) is 2.71. The number of hydrogen-bond donors (Lipinski definition) is 0. The van der Waals surface area contributed by atoms with Gasteiger partial charge in [-0.1, -0.05) is 40.2 Å². The van der Waals surface area contributed by atoms with Gasteiger partial charge in [0.2, 0.25) is 0 Å². The van der Waals surface area contributed by atoms with Gasteiger partial charge in [0, 0.05) is 0 Å². The van der Waals surface area contributed by atoms with E-state index in [1.807, 2.05) is 13.8 Å². The maximum absolute atomic E-state index is 13.1. The molecule has 1 saturated carbocycles. The van der Waals surface area contributed by atoms with Crippen LogP contribution in [0.3, 0.4) is 0 Å². The van der Waals surface area contributed by atoms with E-state index in [9.17, 15) is 8.78 Å². The van der Waals surface area contributed by atoms with Crippen LogP contribution in [0.1, 0.15) is 52.5 Å². The number of benzene rings is 1. The lowest BCUT2D eigenvalue weighted by molar-refractivity contribution is 0.499. The molecule has 2 rings (SSSR count). The van der Waals surface area contributed by atoms with Crippen LogP contribution in [0.2, 0.25) is 0 Å². The molecule has 0 nitrogen and oxygen atoms in total. The van der Waals surface area contributed by atoms with Crippen molar-refractivity contribution in [1.29, 1.82) is 0 Å². The van der Waals surface area contributed by atoms with Crippen molar-refractivity contribution in [3.8, 4) is 0 Å². The number of hydrogen-bond acceptors (Lipinski definition) is 0. The van der Waals surface area contributed by atoms with E-state index in [-0.39, 0.29) is 5.41 Å². The van der Waals surface area contributed by atoms with Gasteiger partial charge in [-0.15, -0.1) is 0 Å². The van der Waals surface area contributed by atoms with Crippen molar-refractivity contribution in [1.82, 2.24) is 0 Å². The van der Waals surface area contributed by atoms with Crippen molar-refractivity contribution in [3.05, 3.63) is 35.4 Å². The van der Waals surface area contributed by atoms with Crippen molar-refractivity contribution in [3.63, 3.8) is 0 Å². The van der Waals surface area contributed by atoms with Crippen molar-refractivity contribution in [2.24, 2.45) is 5.92 Å². The quantitative estimate of drug-likeness (QED) is 0.692. The van der Waals surface area contributed by atoms with Crippen LogP contribution in [0.25, 0.3) is 0 Å². The second-order valence-electron chi connectivity index (χ2n) is 4.45. The molecule has 2 atom stereocenters. The van der Waals surface area contributed by atoms with Crippen molar-refractivity contribution < 1.29 is 8.78 Å². The van der Waals surface area contributed by atoms with E-state index in [4.69, 9.17) is 0 Å². The molecule has 0 spiro atoms. The molecule has 1 aromatic carbocycles. The Hall–Kier alpha value is -0.920. The van der Waals surface area contributed by atoms with Crippen LogP contribution in [-0.2, 0) is 5.41 Å². The third-order valence-electron chi connectivity index (χ3n) is 3.85. The number of rotatable bonds is 3. The normalized spacial score (nSPS) is 26.1. The summed E-state index contributed by atoms with van der Waals surface area (Å²) in [4.78, 5) is 0. The Bertz CT molecular complexity index is 373.